The number of esters is 1. The van der Waals surface area contributed by atoms with Crippen LogP contribution in [0.25, 0.3) is 11.8 Å². The number of ether oxygens (including phenoxy) is 5. The fraction of sp³-hybridized carbons (Fsp3) is 0.286. The van der Waals surface area contributed by atoms with Crippen LogP contribution in [0, 0.1) is 0 Å². The van der Waals surface area contributed by atoms with Gasteiger partial charge in [-0.25, -0.2) is 9.79 Å². The minimum absolute atomic E-state index is 0.148. The number of hydrogen-bond acceptors (Lipinski definition) is 9. The number of carbonyl (C=O) groups excluding carboxylic acids is 1. The molecule has 1 atom stereocenters. The number of benzene rings is 3. The predicted molar refractivity (Wildman–Crippen MR) is 174 cm³/mol. The Balaban J connectivity index is 1.87. The summed E-state index contributed by atoms with van der Waals surface area (Å²) < 4.78 is 30.9. The van der Waals surface area contributed by atoms with Gasteiger partial charge in [-0.05, 0) is 38.5 Å². The predicted octanol–water partition coefficient (Wildman–Crippen LogP) is 5.14. The molecule has 0 radical (unpaired) electrons. The molecule has 0 spiro atoms. The van der Waals surface area contributed by atoms with E-state index in [0.29, 0.717) is 67.9 Å². The Morgan fingerprint density at radius 3 is 2.27 bits per heavy atom. The average molecular weight is 629 g/mol. The molecule has 1 unspecified atom stereocenters. The Kier molecular flexibility index (Phi) is 10.0. The molecule has 45 heavy (non-hydrogen) atoms. The van der Waals surface area contributed by atoms with Crippen LogP contribution in [0.15, 0.2) is 82.1 Å². The molecular weight excluding hydrogens is 592 g/mol. The molecule has 4 aromatic rings. The van der Waals surface area contributed by atoms with E-state index in [9.17, 15) is 9.59 Å². The third kappa shape index (κ3) is 6.23. The van der Waals surface area contributed by atoms with E-state index in [1.165, 1.54) is 11.3 Å². The van der Waals surface area contributed by atoms with Crippen molar-refractivity contribution in [1.82, 2.24) is 4.57 Å². The van der Waals surface area contributed by atoms with Gasteiger partial charge in [0.15, 0.2) is 27.8 Å². The second-order valence-electron chi connectivity index (χ2n) is 9.97. The SMILES string of the molecule is CCCOc1c(OC)cccc1C1C(C(=O)OCC)=C(c2ccccc2)N=c2sc(=Cc3cccc(OC)c3OCC)c(=O)n21. The number of fused-ring (bicyclic) bond motifs is 1. The highest BCUT2D eigenvalue weighted by atomic mass is 32.1. The fourth-order valence-electron chi connectivity index (χ4n) is 5.25. The molecule has 9 nitrogen and oxygen atoms in total. The highest BCUT2D eigenvalue weighted by molar-refractivity contribution is 7.07. The number of aromatic nitrogens is 1. The van der Waals surface area contributed by atoms with Crippen LogP contribution in [-0.4, -0.2) is 44.6 Å². The second-order valence-corrected chi connectivity index (χ2v) is 11.0. The summed E-state index contributed by atoms with van der Waals surface area (Å²) in [7, 11) is 3.13. The summed E-state index contributed by atoms with van der Waals surface area (Å²) in [5.41, 5.74) is 2.30. The number of nitrogens with zero attached hydrogens (tertiary/aromatic N) is 2. The van der Waals surface area contributed by atoms with Crippen molar-refractivity contribution < 1.29 is 28.5 Å². The van der Waals surface area contributed by atoms with Gasteiger partial charge in [0, 0.05) is 16.7 Å². The third-order valence-electron chi connectivity index (χ3n) is 7.15. The molecule has 10 heteroatoms. The van der Waals surface area contributed by atoms with Gasteiger partial charge in [-0.3, -0.25) is 9.36 Å². The molecule has 3 aromatic carbocycles. The lowest BCUT2D eigenvalue weighted by atomic mass is 9.92. The van der Waals surface area contributed by atoms with Gasteiger partial charge in [0.25, 0.3) is 5.56 Å². The van der Waals surface area contributed by atoms with Crippen molar-refractivity contribution >= 4 is 29.1 Å². The normalized spacial score (nSPS) is 14.4. The van der Waals surface area contributed by atoms with Crippen LogP contribution in [0.4, 0.5) is 0 Å². The van der Waals surface area contributed by atoms with Crippen molar-refractivity contribution in [3.05, 3.63) is 109 Å². The van der Waals surface area contributed by atoms with Gasteiger partial charge in [-0.2, -0.15) is 0 Å². The molecule has 0 amide bonds. The molecule has 0 saturated heterocycles. The Bertz CT molecular complexity index is 1890. The number of rotatable bonds is 12. The Morgan fingerprint density at radius 1 is 0.889 bits per heavy atom. The molecule has 0 saturated carbocycles. The number of hydrogen-bond donors (Lipinski definition) is 0. The number of methoxy groups -OCH3 is 2. The van der Waals surface area contributed by atoms with Crippen LogP contribution in [0.3, 0.4) is 0 Å². The first-order valence-electron chi connectivity index (χ1n) is 14.8. The maximum absolute atomic E-state index is 14.4. The van der Waals surface area contributed by atoms with Gasteiger partial charge in [-0.15, -0.1) is 0 Å². The molecule has 2 heterocycles. The summed E-state index contributed by atoms with van der Waals surface area (Å²) >= 11 is 1.23. The third-order valence-corrected chi connectivity index (χ3v) is 8.14. The van der Waals surface area contributed by atoms with E-state index >= 15 is 0 Å². The van der Waals surface area contributed by atoms with Crippen LogP contribution in [0.1, 0.15) is 49.9 Å². The first kappa shape index (κ1) is 31.6. The van der Waals surface area contributed by atoms with E-state index in [1.54, 1.807) is 37.9 Å². The molecule has 0 fully saturated rings. The quantitative estimate of drug-likeness (QED) is 0.201. The molecule has 1 aliphatic heterocycles. The zero-order valence-electron chi connectivity index (χ0n) is 26.0. The second kappa shape index (κ2) is 14.3. The monoisotopic (exact) mass is 628 g/mol. The highest BCUT2D eigenvalue weighted by Crippen LogP contribution is 2.42. The van der Waals surface area contributed by atoms with Crippen LogP contribution in [-0.2, 0) is 9.53 Å². The Morgan fingerprint density at radius 2 is 1.60 bits per heavy atom. The molecule has 0 N–H and O–H groups in total. The van der Waals surface area contributed by atoms with E-state index in [0.717, 1.165) is 6.42 Å². The zero-order valence-corrected chi connectivity index (χ0v) is 26.8. The molecule has 1 aromatic heterocycles. The lowest BCUT2D eigenvalue weighted by molar-refractivity contribution is -0.138. The Labute approximate surface area is 265 Å². The van der Waals surface area contributed by atoms with Crippen molar-refractivity contribution in [3.63, 3.8) is 0 Å². The van der Waals surface area contributed by atoms with E-state index in [4.69, 9.17) is 28.7 Å². The summed E-state index contributed by atoms with van der Waals surface area (Å²) in [5, 5.41) is 0. The number of thiazole rings is 1. The van der Waals surface area contributed by atoms with E-state index in [1.807, 2.05) is 74.5 Å². The zero-order chi connectivity index (χ0) is 31.9. The Hall–Kier alpha value is -4.83. The maximum atomic E-state index is 14.4. The van der Waals surface area contributed by atoms with E-state index in [-0.39, 0.29) is 17.7 Å². The average Bonchev–Trinajstić information content (AvgIpc) is 3.38. The summed E-state index contributed by atoms with van der Waals surface area (Å²) in [6.07, 6.45) is 2.52. The van der Waals surface area contributed by atoms with Crippen molar-refractivity contribution in [2.75, 3.05) is 34.0 Å². The van der Waals surface area contributed by atoms with Crippen molar-refractivity contribution in [2.24, 2.45) is 4.99 Å². The first-order valence-corrected chi connectivity index (χ1v) is 15.7. The smallest absolute Gasteiger partial charge is 0.338 e. The van der Waals surface area contributed by atoms with Crippen LogP contribution in [0.2, 0.25) is 0 Å². The molecule has 5 rings (SSSR count). The first-order chi connectivity index (χ1) is 22.0. The van der Waals surface area contributed by atoms with E-state index < -0.39 is 12.0 Å². The molecular formula is C35H36N2O7S. The molecule has 234 valence electrons. The topological polar surface area (TPSA) is 97.6 Å². The molecule has 0 aliphatic carbocycles. The van der Waals surface area contributed by atoms with Crippen LogP contribution >= 0.6 is 11.3 Å². The van der Waals surface area contributed by atoms with Crippen molar-refractivity contribution in [2.45, 2.75) is 33.2 Å². The maximum Gasteiger partial charge on any atom is 0.338 e. The minimum Gasteiger partial charge on any atom is -0.493 e. The largest absolute Gasteiger partial charge is 0.493 e. The number of para-hydroxylation sites is 2. The van der Waals surface area contributed by atoms with Gasteiger partial charge in [0.05, 0.1) is 49.8 Å². The summed E-state index contributed by atoms with van der Waals surface area (Å²) in [5.74, 6) is 1.45. The van der Waals surface area contributed by atoms with Gasteiger partial charge >= 0.3 is 5.97 Å². The fourth-order valence-corrected chi connectivity index (χ4v) is 6.24. The molecule has 0 bridgehead atoms. The standard InChI is InChI=1S/C35H36N2O7S/c1-6-20-44-32-24(17-13-19-26(32)41-5)30-28(34(39)43-8-3)29(22-14-10-9-11-15-22)36-35-37(30)33(38)27(45-35)21-23-16-12-18-25(40-4)31(23)42-7-2/h9-19,21,30H,6-8,20H2,1-5H3. The molecule has 1 aliphatic rings. The lowest BCUT2D eigenvalue weighted by Gasteiger charge is -2.27. The van der Waals surface area contributed by atoms with Crippen LogP contribution in [0.5, 0.6) is 23.0 Å². The highest BCUT2D eigenvalue weighted by Gasteiger charge is 2.37. The van der Waals surface area contributed by atoms with Gasteiger partial charge < -0.3 is 23.7 Å². The summed E-state index contributed by atoms with van der Waals surface area (Å²) in [6.45, 7) is 6.62. The summed E-state index contributed by atoms with van der Waals surface area (Å²) in [4.78, 5) is 33.7. The van der Waals surface area contributed by atoms with Crippen LogP contribution < -0.4 is 33.8 Å². The summed E-state index contributed by atoms with van der Waals surface area (Å²) in [6, 6.07) is 19.5. The van der Waals surface area contributed by atoms with E-state index in [2.05, 4.69) is 0 Å². The van der Waals surface area contributed by atoms with Crippen molar-refractivity contribution in [3.8, 4) is 23.0 Å². The van der Waals surface area contributed by atoms with Crippen molar-refractivity contribution in [1.29, 1.82) is 0 Å². The number of carbonyl (C=O) groups is 1. The van der Waals surface area contributed by atoms with Gasteiger partial charge in [-0.1, -0.05) is 72.9 Å². The lowest BCUT2D eigenvalue weighted by Crippen LogP contribution is -2.40. The van der Waals surface area contributed by atoms with Gasteiger partial charge in [0.1, 0.15) is 6.04 Å². The minimum atomic E-state index is -0.920. The van der Waals surface area contributed by atoms with Gasteiger partial charge in [0.2, 0.25) is 0 Å².